The Hall–Kier alpha value is -4.65. The number of terminal acetylenes is 1. The van der Waals surface area contributed by atoms with Crippen molar-refractivity contribution in [3.05, 3.63) is 76.7 Å². The lowest BCUT2D eigenvalue weighted by Gasteiger charge is -2.21. The molecule has 2 heterocycles. The number of anilines is 1. The highest BCUT2D eigenvalue weighted by atomic mass is 19.1. The molecule has 2 saturated carbocycles. The van der Waals surface area contributed by atoms with Gasteiger partial charge < -0.3 is 14.4 Å². The minimum Gasteiger partial charge on any atom is -0.497 e. The van der Waals surface area contributed by atoms with E-state index in [0.717, 1.165) is 19.0 Å². The molecule has 200 valence electrons. The van der Waals surface area contributed by atoms with Crippen molar-refractivity contribution >= 4 is 11.9 Å². The molecule has 2 aliphatic rings. The van der Waals surface area contributed by atoms with Crippen LogP contribution in [-0.2, 0) is 7.05 Å². The number of pyridine rings is 1. The maximum absolute atomic E-state index is 14.3. The summed E-state index contributed by atoms with van der Waals surface area (Å²) in [6, 6.07) is 10.3. The summed E-state index contributed by atoms with van der Waals surface area (Å²) in [7, 11) is 6.55. The number of nitrogens with zero attached hydrogens (tertiary/aromatic N) is 5. The second kappa shape index (κ2) is 9.91. The Morgan fingerprint density at radius 2 is 2.05 bits per heavy atom. The van der Waals surface area contributed by atoms with Crippen molar-refractivity contribution in [1.82, 2.24) is 19.4 Å². The van der Waals surface area contributed by atoms with Gasteiger partial charge in [0.1, 0.15) is 11.5 Å². The number of amides is 1. The number of hydrogen-bond donors (Lipinski definition) is 0. The fourth-order valence-corrected chi connectivity index (χ4v) is 5.22. The first-order valence-electron chi connectivity index (χ1n) is 12.3. The minimum absolute atomic E-state index is 0.0159. The van der Waals surface area contributed by atoms with Crippen molar-refractivity contribution in [2.75, 3.05) is 26.2 Å². The SMILES string of the molecule is C#CN(/C=C/C1C[C@@]12CC2N(C)c1nc(-c2ccncc2F)cc(=O)n1C)C(=O)c1ccc(OC)cc1OC. The van der Waals surface area contributed by atoms with E-state index in [1.165, 1.54) is 42.0 Å². The number of benzene rings is 1. The topological polar surface area (TPSA) is 89.8 Å². The predicted octanol–water partition coefficient (Wildman–Crippen LogP) is 3.46. The predicted molar refractivity (Wildman–Crippen MR) is 144 cm³/mol. The zero-order valence-corrected chi connectivity index (χ0v) is 22.1. The van der Waals surface area contributed by atoms with E-state index in [1.54, 1.807) is 31.4 Å². The van der Waals surface area contributed by atoms with Gasteiger partial charge in [-0.3, -0.25) is 19.1 Å². The number of halogens is 1. The summed E-state index contributed by atoms with van der Waals surface area (Å²) >= 11 is 0. The van der Waals surface area contributed by atoms with Crippen LogP contribution >= 0.6 is 0 Å². The van der Waals surface area contributed by atoms with E-state index >= 15 is 0 Å². The Morgan fingerprint density at radius 1 is 1.26 bits per heavy atom. The van der Waals surface area contributed by atoms with E-state index in [0.29, 0.717) is 23.0 Å². The first-order valence-corrected chi connectivity index (χ1v) is 12.3. The van der Waals surface area contributed by atoms with Gasteiger partial charge in [0.05, 0.1) is 31.7 Å². The molecule has 1 aromatic carbocycles. The molecule has 10 heteroatoms. The molecule has 0 N–H and O–H groups in total. The molecular formula is C29H28FN5O4. The second-order valence-corrected chi connectivity index (χ2v) is 9.78. The molecule has 5 rings (SSSR count). The van der Waals surface area contributed by atoms with Gasteiger partial charge in [0, 0.05) is 56.3 Å². The maximum Gasteiger partial charge on any atom is 0.273 e. The van der Waals surface area contributed by atoms with E-state index in [4.69, 9.17) is 15.9 Å². The molecule has 3 aromatic rings. The molecule has 9 nitrogen and oxygen atoms in total. The van der Waals surface area contributed by atoms with E-state index in [2.05, 4.69) is 16.0 Å². The van der Waals surface area contributed by atoms with Crippen molar-refractivity contribution in [3.63, 3.8) is 0 Å². The number of rotatable bonds is 8. The number of aromatic nitrogens is 3. The Morgan fingerprint density at radius 3 is 2.74 bits per heavy atom. The summed E-state index contributed by atoms with van der Waals surface area (Å²) in [6.07, 6.45) is 13.6. The Balaban J connectivity index is 1.31. The normalized spacial score (nSPS) is 20.9. The number of carbonyl (C=O) groups is 1. The van der Waals surface area contributed by atoms with Gasteiger partial charge in [-0.2, -0.15) is 0 Å². The summed E-state index contributed by atoms with van der Waals surface area (Å²) < 4.78 is 26.3. The highest BCUT2D eigenvalue weighted by Gasteiger charge is 2.71. The lowest BCUT2D eigenvalue weighted by molar-refractivity contribution is 0.0875. The fraction of sp³-hybridized carbons (Fsp3) is 0.310. The van der Waals surface area contributed by atoms with Gasteiger partial charge in [0.15, 0.2) is 5.82 Å². The van der Waals surface area contributed by atoms with Gasteiger partial charge in [-0.1, -0.05) is 12.5 Å². The first kappa shape index (κ1) is 26.0. The third-order valence-electron chi connectivity index (χ3n) is 7.66. The lowest BCUT2D eigenvalue weighted by Crippen LogP contribution is -2.31. The molecular weight excluding hydrogens is 501 g/mol. The zero-order chi connectivity index (χ0) is 27.9. The van der Waals surface area contributed by atoms with Gasteiger partial charge in [0.2, 0.25) is 5.95 Å². The molecule has 0 bridgehead atoms. The number of allylic oxidation sites excluding steroid dienone is 1. The summed E-state index contributed by atoms with van der Waals surface area (Å²) in [6.45, 7) is 0. The van der Waals surface area contributed by atoms with Gasteiger partial charge in [-0.25, -0.2) is 14.3 Å². The quantitative estimate of drug-likeness (QED) is 0.326. The van der Waals surface area contributed by atoms with Gasteiger partial charge in [0.25, 0.3) is 11.5 Å². The van der Waals surface area contributed by atoms with Crippen LogP contribution in [0.1, 0.15) is 23.2 Å². The molecule has 0 aliphatic heterocycles. The second-order valence-electron chi connectivity index (χ2n) is 9.78. The highest BCUT2D eigenvalue weighted by Crippen LogP contribution is 2.72. The number of methoxy groups -OCH3 is 2. The summed E-state index contributed by atoms with van der Waals surface area (Å²) in [5.74, 6) is 0.681. The third kappa shape index (κ3) is 4.61. The van der Waals surface area contributed by atoms with Gasteiger partial charge >= 0.3 is 0 Å². The molecule has 1 amide bonds. The van der Waals surface area contributed by atoms with Gasteiger partial charge in [-0.05, 0) is 42.4 Å². The standard InChI is InChI=1S/C29H28FN5O4/c1-6-35(27(37)21-8-7-19(38-4)13-24(21)39-5)12-10-18-15-29(18)16-25(29)33(2)28-32-23(14-26(36)34(28)3)20-9-11-31-17-22(20)30/h1,7-14,17-18,25H,15-16H2,2-5H3/b12-10+/t18?,25?,29-/m1/s1. The van der Waals surface area contributed by atoms with Crippen LogP contribution in [0.4, 0.5) is 10.3 Å². The van der Waals surface area contributed by atoms with Crippen LogP contribution in [0.2, 0.25) is 0 Å². The first-order chi connectivity index (χ1) is 18.7. The van der Waals surface area contributed by atoms with Crippen LogP contribution in [-0.4, -0.2) is 52.7 Å². The zero-order valence-electron chi connectivity index (χ0n) is 22.1. The van der Waals surface area contributed by atoms with Crippen molar-refractivity contribution in [1.29, 1.82) is 0 Å². The molecule has 2 aliphatic carbocycles. The Kier molecular flexibility index (Phi) is 6.60. The van der Waals surface area contributed by atoms with Crippen molar-refractivity contribution in [3.8, 4) is 35.2 Å². The van der Waals surface area contributed by atoms with Gasteiger partial charge in [-0.15, -0.1) is 0 Å². The molecule has 2 unspecified atom stereocenters. The van der Waals surface area contributed by atoms with Crippen molar-refractivity contribution in [2.24, 2.45) is 18.4 Å². The van der Waals surface area contributed by atoms with Crippen LogP contribution in [0.15, 0.2) is 59.8 Å². The molecule has 0 radical (unpaired) electrons. The van der Waals surface area contributed by atoms with E-state index in [9.17, 15) is 14.0 Å². The highest BCUT2D eigenvalue weighted by molar-refractivity contribution is 5.98. The Labute approximate surface area is 225 Å². The number of carbonyl (C=O) groups excluding carboxylic acids is 1. The largest absolute Gasteiger partial charge is 0.497 e. The van der Waals surface area contributed by atoms with E-state index in [1.807, 2.05) is 18.0 Å². The molecule has 1 spiro atoms. The van der Waals surface area contributed by atoms with Crippen LogP contribution < -0.4 is 19.9 Å². The number of ether oxygens (including phenoxy) is 2. The number of hydrogen-bond acceptors (Lipinski definition) is 7. The maximum atomic E-state index is 14.3. The summed E-state index contributed by atoms with van der Waals surface area (Å²) in [4.78, 5) is 37.3. The minimum atomic E-state index is -0.540. The van der Waals surface area contributed by atoms with Crippen LogP contribution in [0, 0.1) is 29.6 Å². The van der Waals surface area contributed by atoms with E-state index < -0.39 is 5.82 Å². The summed E-state index contributed by atoms with van der Waals surface area (Å²) in [5.41, 5.74) is 0.550. The van der Waals surface area contributed by atoms with Crippen LogP contribution in [0.5, 0.6) is 11.5 Å². The van der Waals surface area contributed by atoms with Crippen LogP contribution in [0.25, 0.3) is 11.3 Å². The smallest absolute Gasteiger partial charge is 0.273 e. The lowest BCUT2D eigenvalue weighted by atomic mass is 10.1. The fourth-order valence-electron chi connectivity index (χ4n) is 5.22. The van der Waals surface area contributed by atoms with Crippen LogP contribution in [0.3, 0.4) is 0 Å². The Bertz CT molecular complexity index is 1580. The van der Waals surface area contributed by atoms with E-state index in [-0.39, 0.29) is 40.1 Å². The average molecular weight is 530 g/mol. The molecule has 2 aromatic heterocycles. The average Bonchev–Trinajstić information content (AvgIpc) is 3.86. The molecule has 2 fully saturated rings. The summed E-state index contributed by atoms with van der Waals surface area (Å²) in [5, 5.41) is 0. The molecule has 39 heavy (non-hydrogen) atoms. The molecule has 0 saturated heterocycles. The monoisotopic (exact) mass is 529 g/mol. The molecule has 3 atom stereocenters. The third-order valence-corrected chi connectivity index (χ3v) is 7.66. The van der Waals surface area contributed by atoms with Crippen molar-refractivity contribution in [2.45, 2.75) is 18.9 Å². The van der Waals surface area contributed by atoms with Crippen molar-refractivity contribution < 1.29 is 18.7 Å².